The molecule has 0 aliphatic heterocycles. The molecule has 4 heteroatoms. The van der Waals surface area contributed by atoms with Gasteiger partial charge in [-0.3, -0.25) is 9.59 Å². The summed E-state index contributed by atoms with van der Waals surface area (Å²) in [4.78, 5) is 24.8. The molecule has 0 bridgehead atoms. The molecular weight excluding hydrogens is 448 g/mol. The van der Waals surface area contributed by atoms with Crippen LogP contribution in [0.1, 0.15) is 120 Å². The van der Waals surface area contributed by atoms with Crippen LogP contribution < -0.4 is 0 Å². The van der Waals surface area contributed by atoms with Crippen molar-refractivity contribution < 1.29 is 19.4 Å². The smallest absolute Gasteiger partial charge is 0.313 e. The fraction of sp³-hybridized carbons (Fsp3) is 0.875. The Labute approximate surface area is 219 Å². The van der Waals surface area contributed by atoms with Crippen molar-refractivity contribution in [3.05, 3.63) is 11.6 Å². The molecule has 4 saturated carbocycles. The van der Waals surface area contributed by atoms with Crippen molar-refractivity contribution in [2.45, 2.75) is 126 Å². The first-order valence-corrected chi connectivity index (χ1v) is 14.6. The van der Waals surface area contributed by atoms with Crippen LogP contribution in [0.25, 0.3) is 0 Å². The second-order valence-electron chi connectivity index (χ2n) is 15.6. The molecule has 36 heavy (non-hydrogen) atoms. The molecule has 0 aromatic carbocycles. The van der Waals surface area contributed by atoms with Crippen LogP contribution in [0.3, 0.4) is 0 Å². The lowest BCUT2D eigenvalue weighted by Crippen LogP contribution is -2.66. The van der Waals surface area contributed by atoms with Crippen LogP contribution in [0.2, 0.25) is 0 Å². The van der Waals surface area contributed by atoms with E-state index in [2.05, 4.69) is 47.6 Å². The fourth-order valence-electron chi connectivity index (χ4n) is 10.9. The second-order valence-corrected chi connectivity index (χ2v) is 15.6. The van der Waals surface area contributed by atoms with Crippen LogP contribution in [-0.4, -0.2) is 23.1 Å². The zero-order valence-electron chi connectivity index (χ0n) is 24.1. The monoisotopic (exact) mass is 498 g/mol. The molecule has 0 saturated heterocycles. The molecule has 0 spiro atoms. The highest BCUT2D eigenvalue weighted by Crippen LogP contribution is 2.75. The SMILES string of the molecule is CC(=O)O[C@H]1CC[C@@]2(C)[C@H](CC[C@]3(C)[C@H]2CC=C2[C@@H]4CC(C)(C)CC[C@]4(C)CC[C@@]23C)[C@]1(C)C(=O)O. The highest BCUT2D eigenvalue weighted by molar-refractivity contribution is 5.77. The highest BCUT2D eigenvalue weighted by atomic mass is 16.5. The summed E-state index contributed by atoms with van der Waals surface area (Å²) in [5.41, 5.74) is 1.81. The highest BCUT2D eigenvalue weighted by Gasteiger charge is 2.70. The summed E-state index contributed by atoms with van der Waals surface area (Å²) >= 11 is 0. The zero-order chi connectivity index (χ0) is 26.5. The summed E-state index contributed by atoms with van der Waals surface area (Å²) in [5, 5.41) is 10.5. The molecule has 0 heterocycles. The van der Waals surface area contributed by atoms with E-state index in [9.17, 15) is 14.7 Å². The van der Waals surface area contributed by atoms with Crippen molar-refractivity contribution in [2.24, 2.45) is 50.2 Å². The maximum atomic E-state index is 12.8. The minimum atomic E-state index is -1.04. The van der Waals surface area contributed by atoms with E-state index in [1.165, 1.54) is 39.0 Å². The van der Waals surface area contributed by atoms with Crippen LogP contribution in [0.5, 0.6) is 0 Å². The lowest BCUT2D eigenvalue weighted by molar-refractivity contribution is -0.222. The van der Waals surface area contributed by atoms with Gasteiger partial charge in [0.05, 0.1) is 0 Å². The van der Waals surface area contributed by atoms with Crippen LogP contribution in [0, 0.1) is 50.2 Å². The Morgan fingerprint density at radius 2 is 1.56 bits per heavy atom. The number of carbonyl (C=O) groups excluding carboxylic acids is 1. The minimum absolute atomic E-state index is 0.0136. The number of esters is 1. The Morgan fingerprint density at radius 1 is 0.889 bits per heavy atom. The van der Waals surface area contributed by atoms with Gasteiger partial charge in [-0.15, -0.1) is 0 Å². The maximum Gasteiger partial charge on any atom is 0.313 e. The van der Waals surface area contributed by atoms with E-state index in [0.717, 1.165) is 25.7 Å². The Bertz CT molecular complexity index is 996. The average Bonchev–Trinajstić information content (AvgIpc) is 2.77. The third-order valence-electron chi connectivity index (χ3n) is 13.4. The molecule has 9 atom stereocenters. The molecule has 0 aromatic heterocycles. The summed E-state index contributed by atoms with van der Waals surface area (Å²) < 4.78 is 5.69. The second kappa shape index (κ2) is 7.85. The van der Waals surface area contributed by atoms with E-state index < -0.39 is 17.5 Å². The molecule has 0 unspecified atom stereocenters. The van der Waals surface area contributed by atoms with Gasteiger partial charge in [0.25, 0.3) is 0 Å². The average molecular weight is 499 g/mol. The molecule has 4 fully saturated rings. The molecule has 202 valence electrons. The van der Waals surface area contributed by atoms with Crippen LogP contribution in [0.4, 0.5) is 0 Å². The summed E-state index contributed by atoms with van der Waals surface area (Å²) in [6, 6.07) is 0. The predicted molar refractivity (Wildman–Crippen MR) is 142 cm³/mol. The van der Waals surface area contributed by atoms with E-state index in [0.29, 0.717) is 29.1 Å². The van der Waals surface area contributed by atoms with Crippen LogP contribution in [-0.2, 0) is 14.3 Å². The van der Waals surface area contributed by atoms with E-state index in [-0.39, 0.29) is 28.1 Å². The minimum Gasteiger partial charge on any atom is -0.481 e. The van der Waals surface area contributed by atoms with Gasteiger partial charge in [-0.1, -0.05) is 53.2 Å². The van der Waals surface area contributed by atoms with Crippen LogP contribution in [0.15, 0.2) is 11.6 Å². The molecule has 5 aliphatic rings. The van der Waals surface area contributed by atoms with Gasteiger partial charge in [-0.25, -0.2) is 0 Å². The Kier molecular flexibility index (Phi) is 5.74. The third-order valence-corrected chi connectivity index (χ3v) is 13.4. The molecule has 5 rings (SSSR count). The first kappa shape index (κ1) is 26.3. The number of rotatable bonds is 2. The summed E-state index contributed by atoms with van der Waals surface area (Å²) in [5.74, 6) is -0.0260. The van der Waals surface area contributed by atoms with Crippen molar-refractivity contribution in [1.29, 1.82) is 0 Å². The number of fused-ring (bicyclic) bond motifs is 7. The standard InChI is InChI=1S/C32H50O4/c1-20(33)36-25-12-13-29(5)23-10-9-21-22-19-27(2,3)15-16-28(22,4)17-18-30(21,6)31(23,7)14-11-24(29)32(25,8)26(34)35/h9,22-25H,10-19H2,1-8H3,(H,34,35)/t22-,23-,24-,25-,28+,29+,30-,31+,32-/m0/s1. The van der Waals surface area contributed by atoms with Gasteiger partial charge in [0.1, 0.15) is 11.5 Å². The summed E-state index contributed by atoms with van der Waals surface area (Å²) in [7, 11) is 0. The maximum absolute atomic E-state index is 12.8. The lowest BCUT2D eigenvalue weighted by atomic mass is 9.33. The summed E-state index contributed by atoms with van der Waals surface area (Å²) in [6.45, 7) is 18.3. The normalized spacial score (nSPS) is 51.5. The van der Waals surface area contributed by atoms with Gasteiger partial charge in [-0.2, -0.15) is 0 Å². The van der Waals surface area contributed by atoms with Crippen molar-refractivity contribution >= 4 is 11.9 Å². The first-order chi connectivity index (χ1) is 16.5. The van der Waals surface area contributed by atoms with E-state index in [4.69, 9.17) is 4.74 Å². The summed E-state index contributed by atoms with van der Waals surface area (Å²) in [6.07, 6.45) is 13.3. The van der Waals surface area contributed by atoms with Gasteiger partial charge in [0, 0.05) is 6.92 Å². The topological polar surface area (TPSA) is 63.6 Å². The van der Waals surface area contributed by atoms with Gasteiger partial charge < -0.3 is 9.84 Å². The molecule has 4 nitrogen and oxygen atoms in total. The van der Waals surface area contributed by atoms with Crippen molar-refractivity contribution in [3.63, 3.8) is 0 Å². The Balaban J connectivity index is 1.56. The van der Waals surface area contributed by atoms with Crippen LogP contribution >= 0.6 is 0 Å². The van der Waals surface area contributed by atoms with Gasteiger partial charge in [-0.05, 0) is 116 Å². The van der Waals surface area contributed by atoms with Gasteiger partial charge in [0.15, 0.2) is 0 Å². The predicted octanol–water partition coefficient (Wildman–Crippen LogP) is 7.80. The Hall–Kier alpha value is -1.32. The van der Waals surface area contributed by atoms with E-state index >= 15 is 0 Å². The number of allylic oxidation sites excluding steroid dienone is 2. The van der Waals surface area contributed by atoms with Gasteiger partial charge in [0.2, 0.25) is 0 Å². The number of hydrogen-bond donors (Lipinski definition) is 1. The zero-order valence-corrected chi connectivity index (χ0v) is 24.1. The number of carboxylic acids is 1. The lowest BCUT2D eigenvalue weighted by Gasteiger charge is -2.71. The molecular formula is C32H50O4. The molecule has 1 N–H and O–H groups in total. The van der Waals surface area contributed by atoms with Crippen molar-refractivity contribution in [1.82, 2.24) is 0 Å². The number of carbonyl (C=O) groups is 2. The molecule has 5 aliphatic carbocycles. The number of hydrogen-bond acceptors (Lipinski definition) is 3. The fourth-order valence-corrected chi connectivity index (χ4v) is 10.9. The number of aliphatic carboxylic acids is 1. The first-order valence-electron chi connectivity index (χ1n) is 14.6. The quantitative estimate of drug-likeness (QED) is 0.311. The number of ether oxygens (including phenoxy) is 1. The molecule has 0 amide bonds. The van der Waals surface area contributed by atoms with Crippen molar-refractivity contribution in [2.75, 3.05) is 0 Å². The largest absolute Gasteiger partial charge is 0.481 e. The molecule has 0 radical (unpaired) electrons. The van der Waals surface area contributed by atoms with E-state index in [1.54, 1.807) is 5.57 Å². The Morgan fingerprint density at radius 3 is 2.19 bits per heavy atom. The van der Waals surface area contributed by atoms with E-state index in [1.807, 2.05) is 6.92 Å². The van der Waals surface area contributed by atoms with Gasteiger partial charge >= 0.3 is 11.9 Å². The molecule has 0 aromatic rings. The number of carboxylic acid groups (broad SMARTS) is 1. The third kappa shape index (κ3) is 3.30. The van der Waals surface area contributed by atoms with Crippen molar-refractivity contribution in [3.8, 4) is 0 Å².